The lowest BCUT2D eigenvalue weighted by Crippen LogP contribution is -1.86. The number of nitrogens with one attached hydrogen (secondary N) is 1. The third-order valence-electron chi connectivity index (χ3n) is 2.68. The fourth-order valence-corrected chi connectivity index (χ4v) is 2.12. The highest BCUT2D eigenvalue weighted by atomic mass is 79.9. The van der Waals surface area contributed by atoms with Crippen LogP contribution in [0.5, 0.6) is 5.75 Å². The summed E-state index contributed by atoms with van der Waals surface area (Å²) in [4.78, 5) is 0. The van der Waals surface area contributed by atoms with Gasteiger partial charge in [0.1, 0.15) is 5.75 Å². The normalized spacial score (nSPS) is 10.5. The van der Waals surface area contributed by atoms with Crippen LogP contribution < -0.4 is 4.74 Å². The molecule has 0 saturated carbocycles. The Morgan fingerprint density at radius 2 is 2.06 bits per heavy atom. The average Bonchev–Trinajstić information content (AvgIpc) is 2.60. The van der Waals surface area contributed by atoms with Gasteiger partial charge in [0, 0.05) is 11.3 Å². The first-order chi connectivity index (χ1) is 7.63. The number of nitrogens with zero attached hydrogens (tertiary/aromatic N) is 1. The molecule has 2 rings (SSSR count). The summed E-state index contributed by atoms with van der Waals surface area (Å²) in [7, 11) is 1.66. The Morgan fingerprint density at radius 3 is 2.56 bits per heavy atom. The largest absolute Gasteiger partial charge is 0.496 e. The van der Waals surface area contributed by atoms with Gasteiger partial charge in [0.05, 0.1) is 17.3 Å². The molecule has 0 aliphatic heterocycles. The second kappa shape index (κ2) is 4.29. The molecule has 0 aliphatic rings. The third-order valence-corrected chi connectivity index (χ3v) is 3.30. The van der Waals surface area contributed by atoms with Crippen molar-refractivity contribution in [2.24, 2.45) is 0 Å². The van der Waals surface area contributed by atoms with Gasteiger partial charge in [0.25, 0.3) is 0 Å². The van der Waals surface area contributed by atoms with Gasteiger partial charge in [0.15, 0.2) is 0 Å². The zero-order valence-corrected chi connectivity index (χ0v) is 11.1. The van der Waals surface area contributed by atoms with Crippen LogP contribution in [0.25, 0.3) is 11.3 Å². The van der Waals surface area contributed by atoms with Crippen LogP contribution in [0.15, 0.2) is 22.7 Å². The van der Waals surface area contributed by atoms with E-state index < -0.39 is 0 Å². The molecule has 0 fully saturated rings. The fraction of sp³-hybridized carbons (Fsp3) is 0.250. The van der Waals surface area contributed by atoms with Crippen LogP contribution in [0.4, 0.5) is 0 Å². The lowest BCUT2D eigenvalue weighted by Gasteiger charge is -2.05. The number of ether oxygens (including phenoxy) is 1. The number of aromatic amines is 1. The second-order valence-corrected chi connectivity index (χ2v) is 4.53. The molecule has 1 aromatic carbocycles. The van der Waals surface area contributed by atoms with Crippen molar-refractivity contribution < 1.29 is 4.74 Å². The number of aromatic nitrogens is 2. The Kier molecular flexibility index (Phi) is 3.01. The van der Waals surface area contributed by atoms with E-state index in [9.17, 15) is 0 Å². The molecule has 1 N–H and O–H groups in total. The summed E-state index contributed by atoms with van der Waals surface area (Å²) in [5.41, 5.74) is 4.34. The molecule has 16 heavy (non-hydrogen) atoms. The van der Waals surface area contributed by atoms with Crippen LogP contribution >= 0.6 is 15.9 Å². The van der Waals surface area contributed by atoms with Gasteiger partial charge in [-0.05, 0) is 53.5 Å². The minimum atomic E-state index is 0.827. The molecule has 0 bridgehead atoms. The van der Waals surface area contributed by atoms with Crippen molar-refractivity contribution in [2.45, 2.75) is 13.8 Å². The maximum absolute atomic E-state index is 5.20. The van der Waals surface area contributed by atoms with E-state index in [0.29, 0.717) is 0 Å². The first-order valence-corrected chi connectivity index (χ1v) is 5.78. The number of benzene rings is 1. The van der Waals surface area contributed by atoms with Crippen molar-refractivity contribution >= 4 is 15.9 Å². The molecule has 0 aliphatic carbocycles. The molecule has 1 heterocycles. The summed E-state index contributed by atoms with van der Waals surface area (Å²) in [5, 5.41) is 7.28. The Morgan fingerprint density at radius 1 is 1.31 bits per heavy atom. The van der Waals surface area contributed by atoms with E-state index in [0.717, 1.165) is 27.2 Å². The van der Waals surface area contributed by atoms with Crippen LogP contribution in [-0.2, 0) is 0 Å². The van der Waals surface area contributed by atoms with Gasteiger partial charge in [-0.25, -0.2) is 0 Å². The molecule has 0 unspecified atom stereocenters. The van der Waals surface area contributed by atoms with Crippen molar-refractivity contribution in [3.8, 4) is 17.0 Å². The van der Waals surface area contributed by atoms with Gasteiger partial charge in [-0.15, -0.1) is 0 Å². The van der Waals surface area contributed by atoms with Gasteiger partial charge >= 0.3 is 0 Å². The second-order valence-electron chi connectivity index (χ2n) is 3.67. The fourth-order valence-electron chi connectivity index (χ4n) is 1.58. The molecule has 0 radical (unpaired) electrons. The predicted octanol–water partition coefficient (Wildman–Crippen LogP) is 3.46. The van der Waals surface area contributed by atoms with Crippen LogP contribution in [0.3, 0.4) is 0 Å². The highest BCUT2D eigenvalue weighted by molar-refractivity contribution is 9.10. The first kappa shape index (κ1) is 11.2. The van der Waals surface area contributed by atoms with E-state index in [1.54, 1.807) is 7.11 Å². The van der Waals surface area contributed by atoms with E-state index in [2.05, 4.69) is 33.1 Å². The first-order valence-electron chi connectivity index (χ1n) is 4.99. The van der Waals surface area contributed by atoms with Crippen LogP contribution in [-0.4, -0.2) is 17.3 Å². The van der Waals surface area contributed by atoms with Crippen molar-refractivity contribution in [1.29, 1.82) is 0 Å². The molecule has 1 aromatic heterocycles. The molecule has 4 heteroatoms. The number of methoxy groups -OCH3 is 1. The molecule has 3 nitrogen and oxygen atoms in total. The summed E-state index contributed by atoms with van der Waals surface area (Å²) in [6.07, 6.45) is 0. The van der Waals surface area contributed by atoms with E-state index in [4.69, 9.17) is 4.74 Å². The number of halogens is 1. The smallest absolute Gasteiger partial charge is 0.133 e. The van der Waals surface area contributed by atoms with E-state index >= 15 is 0 Å². The minimum absolute atomic E-state index is 0.827. The number of hydrogen-bond acceptors (Lipinski definition) is 2. The van der Waals surface area contributed by atoms with E-state index in [-0.39, 0.29) is 0 Å². The predicted molar refractivity (Wildman–Crippen MR) is 67.7 cm³/mol. The lowest BCUT2D eigenvalue weighted by atomic mass is 10.1. The monoisotopic (exact) mass is 280 g/mol. The third kappa shape index (κ3) is 1.85. The summed E-state index contributed by atoms with van der Waals surface area (Å²) >= 11 is 3.47. The zero-order valence-electron chi connectivity index (χ0n) is 9.47. The number of rotatable bonds is 2. The summed E-state index contributed by atoms with van der Waals surface area (Å²) in [5.74, 6) is 0.827. The van der Waals surface area contributed by atoms with Gasteiger partial charge in [-0.3, -0.25) is 5.10 Å². The average molecular weight is 281 g/mol. The highest BCUT2D eigenvalue weighted by Crippen LogP contribution is 2.31. The Labute approximate surface area is 103 Å². The van der Waals surface area contributed by atoms with E-state index in [1.807, 2.05) is 25.1 Å². The SMILES string of the molecule is COc1ccc(-c2n[nH]c(C)c2C)cc1Br. The molecular formula is C12H13BrN2O. The van der Waals surface area contributed by atoms with Crippen molar-refractivity contribution in [2.75, 3.05) is 7.11 Å². The van der Waals surface area contributed by atoms with Crippen LogP contribution in [0.1, 0.15) is 11.3 Å². The molecule has 0 amide bonds. The Hall–Kier alpha value is -1.29. The molecule has 0 saturated heterocycles. The molecule has 0 atom stereocenters. The summed E-state index contributed by atoms with van der Waals surface area (Å²) < 4.78 is 6.13. The summed E-state index contributed by atoms with van der Waals surface area (Å²) in [6, 6.07) is 5.95. The maximum atomic E-state index is 5.20. The highest BCUT2D eigenvalue weighted by Gasteiger charge is 2.09. The van der Waals surface area contributed by atoms with Crippen molar-refractivity contribution in [3.63, 3.8) is 0 Å². The number of hydrogen-bond donors (Lipinski definition) is 1. The maximum Gasteiger partial charge on any atom is 0.133 e. The van der Waals surface area contributed by atoms with Gasteiger partial charge in [0.2, 0.25) is 0 Å². The Balaban J connectivity index is 2.49. The minimum Gasteiger partial charge on any atom is -0.496 e. The van der Waals surface area contributed by atoms with Crippen molar-refractivity contribution in [1.82, 2.24) is 10.2 Å². The molecular weight excluding hydrogens is 268 g/mol. The topological polar surface area (TPSA) is 37.9 Å². The molecule has 2 aromatic rings. The van der Waals surface area contributed by atoms with E-state index in [1.165, 1.54) is 5.56 Å². The van der Waals surface area contributed by atoms with Gasteiger partial charge in [-0.1, -0.05) is 0 Å². The Bertz CT molecular complexity index is 520. The van der Waals surface area contributed by atoms with Gasteiger partial charge < -0.3 is 4.74 Å². The standard InChI is InChI=1S/C12H13BrN2O/c1-7-8(2)14-15-12(7)9-4-5-11(16-3)10(13)6-9/h4-6H,1-3H3,(H,14,15). The molecule has 0 spiro atoms. The molecule has 84 valence electrons. The summed E-state index contributed by atoms with van der Waals surface area (Å²) in [6.45, 7) is 4.08. The number of aryl methyl sites for hydroxylation is 1. The van der Waals surface area contributed by atoms with Crippen molar-refractivity contribution in [3.05, 3.63) is 33.9 Å². The quantitative estimate of drug-likeness (QED) is 0.915. The number of H-pyrrole nitrogens is 1. The van der Waals surface area contributed by atoms with Gasteiger partial charge in [-0.2, -0.15) is 5.10 Å². The van der Waals surface area contributed by atoms with Crippen LogP contribution in [0.2, 0.25) is 0 Å². The zero-order chi connectivity index (χ0) is 11.7. The van der Waals surface area contributed by atoms with Crippen LogP contribution in [0, 0.1) is 13.8 Å². The lowest BCUT2D eigenvalue weighted by molar-refractivity contribution is 0.412.